The molecule has 346 valence electrons. The molecule has 4 atom stereocenters. The maximum atomic E-state index is 7.32. The second-order valence-corrected chi connectivity index (χ2v) is 19.8. The highest BCUT2D eigenvalue weighted by Gasteiger charge is 2.37. The number of aromatic nitrogens is 2. The van der Waals surface area contributed by atoms with Crippen LogP contribution in [0.2, 0.25) is 0 Å². The number of hydrogen-bond acceptors (Lipinski definition) is 3. The van der Waals surface area contributed by atoms with Crippen LogP contribution in [0.5, 0.6) is 0 Å². The normalized spacial score (nSPS) is 18.3. The third-order valence-electron chi connectivity index (χ3n) is 15.9. The van der Waals surface area contributed by atoms with E-state index < -0.39 is 0 Å². The number of furan rings is 1. The summed E-state index contributed by atoms with van der Waals surface area (Å²) >= 11 is 0. The van der Waals surface area contributed by atoms with E-state index in [2.05, 4.69) is 253 Å². The van der Waals surface area contributed by atoms with Gasteiger partial charge in [-0.15, -0.1) is 0 Å². The van der Waals surface area contributed by atoms with Crippen LogP contribution in [0.3, 0.4) is 0 Å². The molecule has 73 heavy (non-hydrogen) atoms. The van der Waals surface area contributed by atoms with Crippen molar-refractivity contribution in [1.82, 2.24) is 9.13 Å². The average molecular weight is 937 g/mol. The van der Waals surface area contributed by atoms with E-state index in [0.717, 1.165) is 62.4 Å². The highest BCUT2D eigenvalue weighted by Crippen LogP contribution is 2.49. The molecule has 1 aliphatic heterocycles. The van der Waals surface area contributed by atoms with E-state index in [1.165, 1.54) is 65.6 Å². The Hall–Kier alpha value is -9.06. The Bertz CT molecular complexity index is 4370. The first-order valence-corrected chi connectivity index (χ1v) is 25.6. The van der Waals surface area contributed by atoms with Crippen LogP contribution < -0.4 is 0 Å². The molecule has 0 fully saturated rings. The van der Waals surface area contributed by atoms with Crippen molar-refractivity contribution in [1.29, 1.82) is 0 Å². The number of hydrogen-bond donors (Lipinski definition) is 0. The molecular formula is C68H48N4O. The number of rotatable bonds is 7. The summed E-state index contributed by atoms with van der Waals surface area (Å²) in [6, 6.07) is 72.5. The summed E-state index contributed by atoms with van der Waals surface area (Å²) in [5, 5.41) is 8.29. The molecule has 0 spiro atoms. The molecule has 0 saturated heterocycles. The van der Waals surface area contributed by atoms with E-state index in [4.69, 9.17) is 14.4 Å². The average Bonchev–Trinajstić information content (AvgIpc) is 4.13. The van der Waals surface area contributed by atoms with Gasteiger partial charge in [-0.2, -0.15) is 0 Å². The first-order chi connectivity index (χ1) is 36.2. The molecule has 0 radical (unpaired) electrons. The summed E-state index contributed by atoms with van der Waals surface area (Å²) < 4.78 is 12.2. The number of amidine groups is 1. The van der Waals surface area contributed by atoms with Gasteiger partial charge in [-0.1, -0.05) is 189 Å². The molecule has 4 unspecified atom stereocenters. The van der Waals surface area contributed by atoms with Gasteiger partial charge >= 0.3 is 0 Å². The minimum Gasteiger partial charge on any atom is -0.454 e. The first kappa shape index (κ1) is 41.7. The molecule has 4 heterocycles. The zero-order valence-electron chi connectivity index (χ0n) is 40.2. The Kier molecular flexibility index (Phi) is 9.43. The van der Waals surface area contributed by atoms with Crippen LogP contribution in [-0.4, -0.2) is 20.7 Å². The van der Waals surface area contributed by atoms with Crippen LogP contribution in [0.4, 0.5) is 0 Å². The van der Waals surface area contributed by atoms with E-state index in [9.17, 15) is 0 Å². The first-order valence-electron chi connectivity index (χ1n) is 25.6. The lowest BCUT2D eigenvalue weighted by Gasteiger charge is -2.31. The topological polar surface area (TPSA) is 47.7 Å². The fraction of sp³-hybridized carbons (Fsp3) is 0.0882. The number of aliphatic imine (C=N–C) groups is 2. The third kappa shape index (κ3) is 6.41. The van der Waals surface area contributed by atoms with Gasteiger partial charge in [0.05, 0.1) is 33.8 Å². The molecule has 3 aliphatic rings. The molecule has 5 heteroatoms. The largest absolute Gasteiger partial charge is 0.454 e. The predicted octanol–water partition coefficient (Wildman–Crippen LogP) is 17.3. The smallest absolute Gasteiger partial charge is 0.159 e. The molecular weight excluding hydrogens is 889 g/mol. The SMILES string of the molecule is CCC1C(c2ccc(-c3ccccc3)cc2)=NC(c2ccc3c4c(oc3c2-n2c3ccccc3c3cc5ccccc5cc32)C=CC2C=CC=CC42)=NC1c1cccc2c3ccccc3n(-c3ccccc3)c12. The van der Waals surface area contributed by atoms with Crippen LogP contribution >= 0.6 is 0 Å². The maximum Gasteiger partial charge on any atom is 0.159 e. The minimum atomic E-state index is -0.296. The van der Waals surface area contributed by atoms with E-state index in [1.54, 1.807) is 0 Å². The highest BCUT2D eigenvalue weighted by atomic mass is 16.3. The van der Waals surface area contributed by atoms with Crippen molar-refractivity contribution >= 4 is 83.0 Å². The number of para-hydroxylation sites is 4. The summed E-state index contributed by atoms with van der Waals surface area (Å²) in [6.07, 6.45) is 14.3. The number of benzene rings is 9. The van der Waals surface area contributed by atoms with Gasteiger partial charge in [0.1, 0.15) is 11.4 Å². The van der Waals surface area contributed by atoms with Gasteiger partial charge in [0.2, 0.25) is 0 Å². The summed E-state index contributed by atoms with van der Waals surface area (Å²) in [4.78, 5) is 11.9. The second-order valence-electron chi connectivity index (χ2n) is 19.8. The van der Waals surface area contributed by atoms with Crippen LogP contribution in [-0.2, 0) is 0 Å². The lowest BCUT2D eigenvalue weighted by atomic mass is 9.78. The van der Waals surface area contributed by atoms with Crippen molar-refractivity contribution in [2.75, 3.05) is 0 Å². The van der Waals surface area contributed by atoms with Gasteiger partial charge in [-0.3, -0.25) is 4.99 Å². The van der Waals surface area contributed by atoms with Crippen molar-refractivity contribution < 1.29 is 4.42 Å². The molecule has 2 aliphatic carbocycles. The summed E-state index contributed by atoms with van der Waals surface area (Å²) in [6.45, 7) is 2.29. The number of nitrogens with zero attached hydrogens (tertiary/aromatic N) is 4. The Labute approximate surface area is 422 Å². The molecule has 0 amide bonds. The summed E-state index contributed by atoms with van der Waals surface area (Å²) in [5.74, 6) is 1.95. The van der Waals surface area contributed by atoms with Crippen LogP contribution in [0, 0.1) is 11.8 Å². The molecule has 5 nitrogen and oxygen atoms in total. The Morgan fingerprint density at radius 3 is 1.97 bits per heavy atom. The minimum absolute atomic E-state index is 0.0462. The predicted molar refractivity (Wildman–Crippen MR) is 304 cm³/mol. The van der Waals surface area contributed by atoms with Gasteiger partial charge in [0, 0.05) is 67.1 Å². The van der Waals surface area contributed by atoms with Gasteiger partial charge in [0.25, 0.3) is 0 Å². The van der Waals surface area contributed by atoms with Crippen molar-refractivity contribution in [2.45, 2.75) is 25.3 Å². The standard InChI is InChI=1S/C68H48N4O/c1-2-49-63(45-34-32-43(33-35-45)42-18-5-3-6-19-42)69-68(70-64(49)55-29-17-28-53-51-26-13-15-30-58(51)71(65(53)55)48-23-7-4-8-24-48)56-38-37-54-62-50-25-12-11-20-44(50)36-39-61(62)73-67(54)66(56)72-59-31-16-14-27-52(59)57-40-46-21-9-10-22-47(46)41-60(57)72/h3-41,44,49-50,64H,2H2,1H3. The molecule has 0 saturated carbocycles. The molecule has 9 aromatic carbocycles. The summed E-state index contributed by atoms with van der Waals surface area (Å²) in [5.41, 5.74) is 15.2. The lowest BCUT2D eigenvalue weighted by molar-refractivity contribution is 0.534. The summed E-state index contributed by atoms with van der Waals surface area (Å²) in [7, 11) is 0. The van der Waals surface area contributed by atoms with E-state index in [1.807, 2.05) is 0 Å². The Balaban J connectivity index is 1.05. The third-order valence-corrected chi connectivity index (χ3v) is 15.9. The van der Waals surface area contributed by atoms with Crippen LogP contribution in [0.15, 0.2) is 245 Å². The molecule has 15 rings (SSSR count). The van der Waals surface area contributed by atoms with E-state index in [0.29, 0.717) is 5.84 Å². The maximum absolute atomic E-state index is 7.32. The van der Waals surface area contributed by atoms with Gasteiger partial charge in [-0.05, 0) is 88.5 Å². The monoisotopic (exact) mass is 936 g/mol. The highest BCUT2D eigenvalue weighted by molar-refractivity contribution is 6.21. The van der Waals surface area contributed by atoms with Crippen LogP contribution in [0.1, 0.15) is 53.3 Å². The van der Waals surface area contributed by atoms with E-state index >= 15 is 0 Å². The van der Waals surface area contributed by atoms with Crippen molar-refractivity contribution in [3.8, 4) is 22.5 Å². The van der Waals surface area contributed by atoms with Crippen molar-refractivity contribution in [3.63, 3.8) is 0 Å². The molecule has 3 aromatic heterocycles. The van der Waals surface area contributed by atoms with Gasteiger partial charge in [-0.25, -0.2) is 4.99 Å². The van der Waals surface area contributed by atoms with Crippen molar-refractivity contribution in [2.24, 2.45) is 21.8 Å². The fourth-order valence-corrected chi connectivity index (χ4v) is 12.5. The molecule has 12 aromatic rings. The zero-order valence-corrected chi connectivity index (χ0v) is 40.2. The number of allylic oxidation sites excluding steroid dienone is 5. The van der Waals surface area contributed by atoms with E-state index in [-0.39, 0.29) is 23.8 Å². The van der Waals surface area contributed by atoms with Crippen LogP contribution in [0.25, 0.3) is 93.9 Å². The Morgan fingerprint density at radius 1 is 0.521 bits per heavy atom. The van der Waals surface area contributed by atoms with Gasteiger partial charge in [0.15, 0.2) is 11.4 Å². The molecule has 0 N–H and O–H groups in total. The zero-order chi connectivity index (χ0) is 48.1. The fourth-order valence-electron chi connectivity index (χ4n) is 12.5. The van der Waals surface area contributed by atoms with Crippen molar-refractivity contribution in [3.05, 3.63) is 259 Å². The number of fused-ring (bicyclic) bond motifs is 12. The second kappa shape index (κ2) is 16.5. The quantitative estimate of drug-likeness (QED) is 0.157. The Morgan fingerprint density at radius 2 is 1.18 bits per heavy atom. The lowest BCUT2D eigenvalue weighted by Crippen LogP contribution is -2.29. The molecule has 0 bridgehead atoms. The van der Waals surface area contributed by atoms with Gasteiger partial charge < -0.3 is 13.6 Å².